The Labute approximate surface area is 145 Å². The van der Waals surface area contributed by atoms with Gasteiger partial charge in [-0.1, -0.05) is 30.3 Å². The van der Waals surface area contributed by atoms with Crippen molar-refractivity contribution < 1.29 is 9.59 Å². The van der Waals surface area contributed by atoms with Crippen molar-refractivity contribution in [2.75, 3.05) is 11.5 Å². The molecule has 1 aromatic heterocycles. The quantitative estimate of drug-likeness (QED) is 0.776. The van der Waals surface area contributed by atoms with Gasteiger partial charge in [0.2, 0.25) is 5.91 Å². The van der Waals surface area contributed by atoms with Gasteiger partial charge in [-0.25, -0.2) is 0 Å². The first kappa shape index (κ1) is 16.7. The van der Waals surface area contributed by atoms with Gasteiger partial charge in [-0.3, -0.25) is 9.59 Å². The average molecular weight is 344 g/mol. The van der Waals surface area contributed by atoms with E-state index in [0.29, 0.717) is 17.9 Å². The number of Topliss-reactive ketones (excluding diaryl/α,β-unsaturated/α-hetero) is 1. The summed E-state index contributed by atoms with van der Waals surface area (Å²) in [6.07, 6.45) is 3.23. The van der Waals surface area contributed by atoms with Crippen LogP contribution in [-0.2, 0) is 24.3 Å². The van der Waals surface area contributed by atoms with Gasteiger partial charge in [0.05, 0.1) is 18.1 Å². The van der Waals surface area contributed by atoms with Gasteiger partial charge in [0, 0.05) is 18.5 Å². The predicted molar refractivity (Wildman–Crippen MR) is 92.9 cm³/mol. The molecule has 6 nitrogen and oxygen atoms in total. The summed E-state index contributed by atoms with van der Waals surface area (Å²) >= 11 is 1.33. The lowest BCUT2D eigenvalue weighted by Crippen LogP contribution is -2.27. The number of hydrogen-bond acceptors (Lipinski definition) is 5. The summed E-state index contributed by atoms with van der Waals surface area (Å²) in [5, 5.41) is 11.2. The zero-order valence-electron chi connectivity index (χ0n) is 13.4. The highest BCUT2D eigenvalue weighted by Crippen LogP contribution is 2.14. The monoisotopic (exact) mass is 344 g/mol. The lowest BCUT2D eigenvalue weighted by Gasteiger charge is -2.14. The summed E-state index contributed by atoms with van der Waals surface area (Å²) in [6.45, 7) is 1.31. The second-order valence-electron chi connectivity index (χ2n) is 5.70. The van der Waals surface area contributed by atoms with E-state index in [1.807, 2.05) is 18.2 Å². The third-order valence-corrected chi connectivity index (χ3v) is 4.87. The molecule has 3 rings (SSSR count). The van der Waals surface area contributed by atoms with E-state index < -0.39 is 0 Å². The normalized spacial score (nSPS) is 13.3. The number of benzene rings is 1. The molecule has 0 atom stereocenters. The summed E-state index contributed by atoms with van der Waals surface area (Å²) < 4.78 is 2.09. The summed E-state index contributed by atoms with van der Waals surface area (Å²) in [7, 11) is 0. The van der Waals surface area contributed by atoms with Gasteiger partial charge in [-0.15, -0.1) is 22.0 Å². The number of amides is 1. The lowest BCUT2D eigenvalue weighted by molar-refractivity contribution is -0.118. The van der Waals surface area contributed by atoms with Crippen LogP contribution >= 0.6 is 11.8 Å². The standard InChI is InChI=1S/C17H20N4O2S/c22-14(13-6-2-1-3-7-13)11-24-12-17(23)18-10-16-20-19-15-8-4-5-9-21(15)16/h1-3,6-7H,4-5,8-12H2,(H,18,23). The first-order chi connectivity index (χ1) is 11.7. The van der Waals surface area contributed by atoms with E-state index in [1.54, 1.807) is 12.1 Å². The molecule has 1 amide bonds. The second-order valence-corrected chi connectivity index (χ2v) is 6.69. The van der Waals surface area contributed by atoms with E-state index in [1.165, 1.54) is 11.8 Å². The van der Waals surface area contributed by atoms with Crippen molar-refractivity contribution in [3.63, 3.8) is 0 Å². The molecule has 24 heavy (non-hydrogen) atoms. The average Bonchev–Trinajstić information content (AvgIpc) is 3.04. The van der Waals surface area contributed by atoms with Crippen molar-refractivity contribution >= 4 is 23.5 Å². The molecule has 126 valence electrons. The van der Waals surface area contributed by atoms with Crippen LogP contribution in [0.25, 0.3) is 0 Å². The fourth-order valence-electron chi connectivity index (χ4n) is 2.67. The Morgan fingerprint density at radius 2 is 1.96 bits per heavy atom. The lowest BCUT2D eigenvalue weighted by atomic mass is 10.2. The molecule has 7 heteroatoms. The summed E-state index contributed by atoms with van der Waals surface area (Å²) in [6, 6.07) is 9.13. The highest BCUT2D eigenvalue weighted by molar-refractivity contribution is 8.00. The molecular weight excluding hydrogens is 324 g/mol. The Morgan fingerprint density at radius 1 is 1.12 bits per heavy atom. The van der Waals surface area contributed by atoms with Crippen molar-refractivity contribution in [2.45, 2.75) is 32.4 Å². The van der Waals surface area contributed by atoms with Crippen LogP contribution in [0.1, 0.15) is 34.8 Å². The van der Waals surface area contributed by atoms with Crippen molar-refractivity contribution in [3.05, 3.63) is 47.5 Å². The first-order valence-corrected chi connectivity index (χ1v) is 9.23. The Hall–Kier alpha value is -2.15. The second kappa shape index (κ2) is 8.10. The zero-order valence-corrected chi connectivity index (χ0v) is 14.2. The molecule has 0 saturated heterocycles. The molecule has 1 aromatic carbocycles. The predicted octanol–water partition coefficient (Wildman–Crippen LogP) is 1.85. The van der Waals surface area contributed by atoms with Crippen LogP contribution in [0, 0.1) is 0 Å². The van der Waals surface area contributed by atoms with Crippen molar-refractivity contribution in [1.29, 1.82) is 0 Å². The molecule has 1 N–H and O–H groups in total. The van der Waals surface area contributed by atoms with Gasteiger partial charge in [0.25, 0.3) is 0 Å². The number of ketones is 1. The van der Waals surface area contributed by atoms with E-state index in [4.69, 9.17) is 0 Å². The maximum absolute atomic E-state index is 12.0. The topological polar surface area (TPSA) is 76.9 Å². The number of thioether (sulfide) groups is 1. The van der Waals surface area contributed by atoms with Crippen molar-refractivity contribution in [2.24, 2.45) is 0 Å². The fourth-order valence-corrected chi connectivity index (χ4v) is 3.41. The molecular formula is C17H20N4O2S. The Morgan fingerprint density at radius 3 is 2.79 bits per heavy atom. The molecule has 2 aromatic rings. The summed E-state index contributed by atoms with van der Waals surface area (Å²) in [5.41, 5.74) is 0.681. The van der Waals surface area contributed by atoms with Gasteiger partial charge in [-0.05, 0) is 12.8 Å². The fraction of sp³-hybridized carbons (Fsp3) is 0.412. The number of hydrogen-bond donors (Lipinski definition) is 1. The minimum absolute atomic E-state index is 0.0416. The molecule has 1 aliphatic rings. The molecule has 0 aliphatic carbocycles. The van der Waals surface area contributed by atoms with Gasteiger partial charge < -0.3 is 9.88 Å². The number of fused-ring (bicyclic) bond motifs is 1. The third-order valence-electron chi connectivity index (χ3n) is 3.94. The van der Waals surface area contributed by atoms with E-state index in [-0.39, 0.29) is 17.4 Å². The molecule has 1 aliphatic heterocycles. The largest absolute Gasteiger partial charge is 0.348 e. The third kappa shape index (κ3) is 4.23. The summed E-state index contributed by atoms with van der Waals surface area (Å²) in [5.74, 6) is 2.34. The van der Waals surface area contributed by atoms with Crippen molar-refractivity contribution in [1.82, 2.24) is 20.1 Å². The van der Waals surface area contributed by atoms with Crippen molar-refractivity contribution in [3.8, 4) is 0 Å². The molecule has 2 heterocycles. The van der Waals surface area contributed by atoms with E-state index in [9.17, 15) is 9.59 Å². The van der Waals surface area contributed by atoms with E-state index >= 15 is 0 Å². The Kier molecular flexibility index (Phi) is 5.63. The summed E-state index contributed by atoms with van der Waals surface area (Å²) in [4.78, 5) is 23.9. The van der Waals surface area contributed by atoms with Crippen LogP contribution in [-0.4, -0.2) is 38.0 Å². The maximum atomic E-state index is 12.0. The molecule has 0 radical (unpaired) electrons. The van der Waals surface area contributed by atoms with Crippen LogP contribution in [0.4, 0.5) is 0 Å². The number of aryl methyl sites for hydroxylation is 1. The van der Waals surface area contributed by atoms with Gasteiger partial charge in [-0.2, -0.15) is 0 Å². The highest BCUT2D eigenvalue weighted by atomic mass is 32.2. The minimum Gasteiger partial charge on any atom is -0.348 e. The first-order valence-electron chi connectivity index (χ1n) is 8.07. The highest BCUT2D eigenvalue weighted by Gasteiger charge is 2.16. The maximum Gasteiger partial charge on any atom is 0.230 e. The number of nitrogens with one attached hydrogen (secondary N) is 1. The van der Waals surface area contributed by atoms with Gasteiger partial charge in [0.15, 0.2) is 11.6 Å². The molecule has 0 saturated carbocycles. The SMILES string of the molecule is O=C(CSCC(=O)c1ccccc1)NCc1nnc2n1CCCC2. The van der Waals surface area contributed by atoms with Gasteiger partial charge >= 0.3 is 0 Å². The number of carbonyl (C=O) groups excluding carboxylic acids is 2. The van der Waals surface area contributed by atoms with Crippen LogP contribution in [0.3, 0.4) is 0 Å². The van der Waals surface area contributed by atoms with Gasteiger partial charge in [0.1, 0.15) is 5.82 Å². The van der Waals surface area contributed by atoms with Crippen LogP contribution < -0.4 is 5.32 Å². The molecule has 0 bridgehead atoms. The van der Waals surface area contributed by atoms with Crippen LogP contribution in [0.5, 0.6) is 0 Å². The molecule has 0 unspecified atom stereocenters. The van der Waals surface area contributed by atoms with E-state index in [2.05, 4.69) is 20.1 Å². The Balaban J connectivity index is 1.40. The number of carbonyl (C=O) groups is 2. The Bertz CT molecular complexity index is 715. The van der Waals surface area contributed by atoms with E-state index in [0.717, 1.165) is 37.5 Å². The molecule has 0 spiro atoms. The number of rotatable bonds is 7. The van der Waals surface area contributed by atoms with Crippen LogP contribution in [0.15, 0.2) is 30.3 Å². The smallest absolute Gasteiger partial charge is 0.230 e. The zero-order chi connectivity index (χ0) is 16.8. The molecule has 0 fully saturated rings. The minimum atomic E-state index is -0.0889. The number of aromatic nitrogens is 3. The number of nitrogens with zero attached hydrogens (tertiary/aromatic N) is 3. The van der Waals surface area contributed by atoms with Crippen LogP contribution in [0.2, 0.25) is 0 Å².